The first-order chi connectivity index (χ1) is 18.5. The predicted molar refractivity (Wildman–Crippen MR) is 146 cm³/mol. The molecule has 0 unspecified atom stereocenters. The lowest BCUT2D eigenvalue weighted by molar-refractivity contribution is -0.117. The maximum atomic E-state index is 13.3. The van der Waals surface area contributed by atoms with Crippen molar-refractivity contribution in [3.8, 4) is 28.4 Å². The standard InChI is InChI=1S/C29H27ClN4O4/c1-37-25-15-14-21(16-26(25)38-2)34-17-24(19-8-4-3-5-9-19)31-29(34)32-27(35)18-33(20-12-13-20)28(36)22-10-6-7-11-23(22)30/h3-11,14-17,20H,12-13,18H2,1-2H3,(H,31,32,35). The summed E-state index contributed by atoms with van der Waals surface area (Å²) in [6.07, 6.45) is 3.55. The summed E-state index contributed by atoms with van der Waals surface area (Å²) in [5.41, 5.74) is 2.68. The molecule has 0 spiro atoms. The number of benzene rings is 3. The van der Waals surface area contributed by atoms with Gasteiger partial charge in [-0.15, -0.1) is 0 Å². The number of aromatic nitrogens is 2. The normalized spacial score (nSPS) is 12.6. The lowest BCUT2D eigenvalue weighted by atomic mass is 10.2. The van der Waals surface area contributed by atoms with Crippen molar-refractivity contribution in [1.29, 1.82) is 0 Å². The van der Waals surface area contributed by atoms with E-state index in [1.54, 1.807) is 54.0 Å². The Morgan fingerprint density at radius 2 is 1.71 bits per heavy atom. The number of halogens is 1. The molecule has 0 radical (unpaired) electrons. The molecule has 5 rings (SSSR count). The van der Waals surface area contributed by atoms with Crippen molar-refractivity contribution in [3.63, 3.8) is 0 Å². The Balaban J connectivity index is 1.45. The number of nitrogens with one attached hydrogen (secondary N) is 1. The summed E-state index contributed by atoms with van der Waals surface area (Å²) in [4.78, 5) is 32.8. The highest BCUT2D eigenvalue weighted by Gasteiger charge is 2.35. The second-order valence-corrected chi connectivity index (χ2v) is 9.32. The average molecular weight is 531 g/mol. The topological polar surface area (TPSA) is 85.7 Å². The molecule has 3 aromatic carbocycles. The van der Waals surface area contributed by atoms with E-state index in [-0.39, 0.29) is 24.4 Å². The van der Waals surface area contributed by atoms with Crippen LogP contribution >= 0.6 is 11.6 Å². The van der Waals surface area contributed by atoms with Crippen molar-refractivity contribution < 1.29 is 19.1 Å². The van der Waals surface area contributed by atoms with E-state index in [2.05, 4.69) is 5.32 Å². The smallest absolute Gasteiger partial charge is 0.256 e. The van der Waals surface area contributed by atoms with E-state index in [1.807, 2.05) is 48.7 Å². The van der Waals surface area contributed by atoms with Gasteiger partial charge in [0.2, 0.25) is 11.9 Å². The quantitative estimate of drug-likeness (QED) is 0.311. The number of carbonyl (C=O) groups excluding carboxylic acids is 2. The molecule has 0 aliphatic heterocycles. The highest BCUT2D eigenvalue weighted by molar-refractivity contribution is 6.33. The summed E-state index contributed by atoms with van der Waals surface area (Å²) >= 11 is 6.27. The fourth-order valence-corrected chi connectivity index (χ4v) is 4.47. The molecule has 4 aromatic rings. The van der Waals surface area contributed by atoms with Crippen LogP contribution in [0.3, 0.4) is 0 Å². The SMILES string of the molecule is COc1ccc(-n2cc(-c3ccccc3)nc2NC(=O)CN(C(=O)c2ccccc2Cl)C2CC2)cc1OC. The molecular weight excluding hydrogens is 504 g/mol. The molecule has 1 fully saturated rings. The summed E-state index contributed by atoms with van der Waals surface area (Å²) in [6, 6.07) is 22.0. The van der Waals surface area contributed by atoms with Crippen LogP contribution in [0.5, 0.6) is 11.5 Å². The van der Waals surface area contributed by atoms with Crippen molar-refractivity contribution in [2.75, 3.05) is 26.1 Å². The van der Waals surface area contributed by atoms with Crippen molar-refractivity contribution in [2.24, 2.45) is 0 Å². The van der Waals surface area contributed by atoms with E-state index in [1.165, 1.54) is 0 Å². The van der Waals surface area contributed by atoms with Crippen LogP contribution < -0.4 is 14.8 Å². The van der Waals surface area contributed by atoms with Gasteiger partial charge in [0.15, 0.2) is 11.5 Å². The third kappa shape index (κ3) is 5.35. The maximum absolute atomic E-state index is 13.3. The fraction of sp³-hybridized carbons (Fsp3) is 0.207. The number of hydrogen-bond donors (Lipinski definition) is 1. The first kappa shape index (κ1) is 25.4. The molecule has 0 atom stereocenters. The first-order valence-electron chi connectivity index (χ1n) is 12.2. The van der Waals surface area contributed by atoms with Gasteiger partial charge in [0.25, 0.3) is 5.91 Å². The van der Waals surface area contributed by atoms with Crippen LogP contribution in [0.25, 0.3) is 16.9 Å². The van der Waals surface area contributed by atoms with Crippen molar-refractivity contribution in [1.82, 2.24) is 14.5 Å². The van der Waals surface area contributed by atoms with Gasteiger partial charge in [-0.25, -0.2) is 4.98 Å². The third-order valence-electron chi connectivity index (χ3n) is 6.34. The predicted octanol–water partition coefficient (Wildman–Crippen LogP) is 5.45. The number of carbonyl (C=O) groups is 2. The molecule has 1 aromatic heterocycles. The minimum Gasteiger partial charge on any atom is -0.493 e. The third-order valence-corrected chi connectivity index (χ3v) is 6.67. The number of nitrogens with zero attached hydrogens (tertiary/aromatic N) is 3. The zero-order valence-corrected chi connectivity index (χ0v) is 21.8. The van der Waals surface area contributed by atoms with Gasteiger partial charge in [0, 0.05) is 23.9 Å². The molecule has 194 valence electrons. The van der Waals surface area contributed by atoms with Gasteiger partial charge in [0.05, 0.1) is 36.2 Å². The Bertz CT molecular complexity index is 1470. The Kier molecular flexibility index (Phi) is 7.33. The minimum absolute atomic E-state index is 0.00926. The summed E-state index contributed by atoms with van der Waals surface area (Å²) in [6.45, 7) is -0.117. The summed E-state index contributed by atoms with van der Waals surface area (Å²) in [5.74, 6) is 0.832. The number of methoxy groups -OCH3 is 2. The number of amides is 2. The number of imidazole rings is 1. The molecule has 0 bridgehead atoms. The van der Waals surface area contributed by atoms with E-state index >= 15 is 0 Å². The van der Waals surface area contributed by atoms with E-state index < -0.39 is 0 Å². The van der Waals surface area contributed by atoms with Gasteiger partial charge in [-0.05, 0) is 37.1 Å². The molecule has 2 amide bonds. The molecule has 8 nitrogen and oxygen atoms in total. The molecule has 38 heavy (non-hydrogen) atoms. The molecule has 1 N–H and O–H groups in total. The van der Waals surface area contributed by atoms with Gasteiger partial charge in [0.1, 0.15) is 6.54 Å². The van der Waals surface area contributed by atoms with Gasteiger partial charge >= 0.3 is 0 Å². The Morgan fingerprint density at radius 3 is 2.39 bits per heavy atom. The van der Waals surface area contributed by atoms with Crippen molar-refractivity contribution >= 4 is 29.4 Å². The molecular formula is C29H27ClN4O4. The molecule has 1 heterocycles. The molecule has 1 saturated carbocycles. The van der Waals surface area contributed by atoms with E-state index in [9.17, 15) is 9.59 Å². The Morgan fingerprint density at radius 1 is 1.00 bits per heavy atom. The molecule has 0 saturated heterocycles. The lowest BCUT2D eigenvalue weighted by Crippen LogP contribution is -2.40. The van der Waals surface area contributed by atoms with Gasteiger partial charge in [-0.1, -0.05) is 54.1 Å². The fourth-order valence-electron chi connectivity index (χ4n) is 4.25. The van der Waals surface area contributed by atoms with E-state index in [0.717, 1.165) is 24.1 Å². The van der Waals surface area contributed by atoms with Crippen LogP contribution in [0.15, 0.2) is 79.0 Å². The van der Waals surface area contributed by atoms with Crippen molar-refractivity contribution in [2.45, 2.75) is 18.9 Å². The first-order valence-corrected chi connectivity index (χ1v) is 12.6. The van der Waals surface area contributed by atoms with Crippen LogP contribution in [0.4, 0.5) is 5.95 Å². The summed E-state index contributed by atoms with van der Waals surface area (Å²) < 4.78 is 12.6. The Hall–Kier alpha value is -4.30. The van der Waals surface area contributed by atoms with E-state index in [4.69, 9.17) is 26.1 Å². The average Bonchev–Trinajstić information content (AvgIpc) is 3.71. The van der Waals surface area contributed by atoms with Crippen LogP contribution in [0, 0.1) is 0 Å². The van der Waals surface area contributed by atoms with E-state index in [0.29, 0.717) is 33.7 Å². The molecule has 9 heteroatoms. The van der Waals surface area contributed by atoms with Crippen LogP contribution in [-0.2, 0) is 4.79 Å². The highest BCUT2D eigenvalue weighted by Crippen LogP contribution is 2.32. The number of ether oxygens (including phenoxy) is 2. The summed E-state index contributed by atoms with van der Waals surface area (Å²) in [7, 11) is 3.14. The zero-order valence-electron chi connectivity index (χ0n) is 21.1. The minimum atomic E-state index is -0.357. The number of hydrogen-bond acceptors (Lipinski definition) is 5. The monoisotopic (exact) mass is 530 g/mol. The van der Waals surface area contributed by atoms with Crippen LogP contribution in [-0.4, -0.2) is 53.1 Å². The highest BCUT2D eigenvalue weighted by atomic mass is 35.5. The van der Waals surface area contributed by atoms with Crippen LogP contribution in [0.1, 0.15) is 23.2 Å². The lowest BCUT2D eigenvalue weighted by Gasteiger charge is -2.22. The summed E-state index contributed by atoms with van der Waals surface area (Å²) in [5, 5.41) is 3.27. The second kappa shape index (κ2) is 11.0. The molecule has 1 aliphatic carbocycles. The largest absolute Gasteiger partial charge is 0.493 e. The Labute approximate surface area is 225 Å². The number of anilines is 1. The van der Waals surface area contributed by atoms with Crippen molar-refractivity contribution in [3.05, 3.63) is 89.6 Å². The van der Waals surface area contributed by atoms with Gasteiger partial charge in [-0.3, -0.25) is 19.5 Å². The second-order valence-electron chi connectivity index (χ2n) is 8.92. The van der Waals surface area contributed by atoms with Gasteiger partial charge in [-0.2, -0.15) is 0 Å². The molecule has 1 aliphatic rings. The van der Waals surface area contributed by atoms with Crippen LogP contribution in [0.2, 0.25) is 5.02 Å². The number of rotatable bonds is 9. The maximum Gasteiger partial charge on any atom is 0.256 e. The van der Waals surface area contributed by atoms with Gasteiger partial charge < -0.3 is 14.4 Å². The zero-order chi connectivity index (χ0) is 26.6.